The van der Waals surface area contributed by atoms with E-state index in [0.717, 1.165) is 16.7 Å². The van der Waals surface area contributed by atoms with Crippen molar-refractivity contribution in [1.82, 2.24) is 42.1 Å². The van der Waals surface area contributed by atoms with Crippen molar-refractivity contribution >= 4 is 76.7 Å². The molecule has 0 saturated carbocycles. The van der Waals surface area contributed by atoms with Gasteiger partial charge in [0.15, 0.2) is 0 Å². The van der Waals surface area contributed by atoms with Crippen LogP contribution in [-0.2, 0) is 63.9 Å². The van der Waals surface area contributed by atoms with Gasteiger partial charge in [-0.3, -0.25) is 52.7 Å². The van der Waals surface area contributed by atoms with Crippen LogP contribution in [0.1, 0.15) is 78.2 Å². The number of benzene rings is 1. The summed E-state index contributed by atoms with van der Waals surface area (Å²) in [6, 6.07) is -2.51. The van der Waals surface area contributed by atoms with E-state index < -0.39 is 139 Å². The maximum absolute atomic E-state index is 14.4. The van der Waals surface area contributed by atoms with Gasteiger partial charge >= 0.3 is 0 Å². The van der Waals surface area contributed by atoms with Crippen LogP contribution in [0, 0.1) is 11.8 Å². The van der Waals surface area contributed by atoms with Crippen molar-refractivity contribution < 1.29 is 62.6 Å². The van der Waals surface area contributed by atoms with E-state index in [4.69, 9.17) is 21.9 Å². The number of carbonyl (C=O) groups is 11. The van der Waals surface area contributed by atoms with Gasteiger partial charge in [-0.1, -0.05) is 46.2 Å². The van der Waals surface area contributed by atoms with Crippen LogP contribution < -0.4 is 54.4 Å². The van der Waals surface area contributed by atoms with E-state index in [1.807, 2.05) is 0 Å². The molecule has 1 aromatic rings. The fourth-order valence-electron chi connectivity index (χ4n) is 6.88. The van der Waals surface area contributed by atoms with Gasteiger partial charge in [0.2, 0.25) is 65.0 Å². The molecular weight excluding hydrogens is 923 g/mol. The number of phenolic OH excluding ortho intramolecular Hbond substituents is 1. The van der Waals surface area contributed by atoms with Gasteiger partial charge in [0, 0.05) is 38.7 Å². The molecule has 7 atom stereocenters. The molecular formula is C44H69N11O13S. The maximum Gasteiger partial charge on any atom is 0.246 e. The molecule has 0 aromatic heterocycles. The first-order valence-electron chi connectivity index (χ1n) is 22.6. The van der Waals surface area contributed by atoms with E-state index in [0.29, 0.717) is 12.0 Å². The van der Waals surface area contributed by atoms with Gasteiger partial charge in [0.25, 0.3) is 0 Å². The van der Waals surface area contributed by atoms with Gasteiger partial charge in [-0.25, -0.2) is 0 Å². The Kier molecular flexibility index (Phi) is 25.6. The molecule has 69 heavy (non-hydrogen) atoms. The van der Waals surface area contributed by atoms with Gasteiger partial charge in [-0.2, -0.15) is 11.8 Å². The lowest BCUT2D eigenvalue weighted by Gasteiger charge is -2.30. The molecule has 0 bridgehead atoms. The molecule has 1 aliphatic rings. The lowest BCUT2D eigenvalue weighted by atomic mass is 9.96. The molecule has 0 spiro atoms. The van der Waals surface area contributed by atoms with E-state index in [9.17, 15) is 57.8 Å². The lowest BCUT2D eigenvalue weighted by Crippen LogP contribution is -2.61. The van der Waals surface area contributed by atoms with E-state index in [1.54, 1.807) is 39.8 Å². The van der Waals surface area contributed by atoms with Gasteiger partial charge in [0.1, 0.15) is 42.0 Å². The number of methoxy groups -OCH3 is 1. The highest BCUT2D eigenvalue weighted by Gasteiger charge is 2.36. The number of phenols is 1. The Bertz CT molecular complexity index is 1970. The number of hydrogen-bond donors (Lipinski definition) is 11. The average molecular weight is 992 g/mol. The molecule has 0 aliphatic carbocycles. The Morgan fingerprint density at radius 3 is 2.07 bits per heavy atom. The first-order valence-corrected chi connectivity index (χ1v) is 23.8. The third-order valence-electron chi connectivity index (χ3n) is 10.8. The quantitative estimate of drug-likeness (QED) is 0.0575. The van der Waals surface area contributed by atoms with Crippen molar-refractivity contribution in [1.29, 1.82) is 0 Å². The molecule has 2 rings (SSSR count). The molecule has 384 valence electrons. The highest BCUT2D eigenvalue weighted by Crippen LogP contribution is 2.16. The second kappa shape index (κ2) is 30.1. The third kappa shape index (κ3) is 22.0. The van der Waals surface area contributed by atoms with Crippen molar-refractivity contribution in [2.24, 2.45) is 29.0 Å². The summed E-state index contributed by atoms with van der Waals surface area (Å²) in [5.41, 5.74) is 16.6. The minimum absolute atomic E-state index is 0.0297. The van der Waals surface area contributed by atoms with E-state index >= 15 is 0 Å². The van der Waals surface area contributed by atoms with E-state index in [1.165, 1.54) is 19.2 Å². The average Bonchev–Trinajstić information content (AvgIpc) is 3.28. The molecule has 25 heteroatoms. The molecule has 11 amide bonds. The Morgan fingerprint density at radius 2 is 1.48 bits per heavy atom. The summed E-state index contributed by atoms with van der Waals surface area (Å²) in [5.74, 6) is -9.93. The van der Waals surface area contributed by atoms with Crippen molar-refractivity contribution in [3.63, 3.8) is 0 Å². The number of rotatable bonds is 21. The van der Waals surface area contributed by atoms with E-state index in [-0.39, 0.29) is 62.0 Å². The number of carbonyl (C=O) groups excluding carboxylic acids is 11. The minimum atomic E-state index is -1.75. The van der Waals surface area contributed by atoms with Gasteiger partial charge < -0.3 is 69.2 Å². The molecule has 24 nitrogen and oxygen atoms in total. The highest BCUT2D eigenvalue weighted by atomic mass is 32.2. The van der Waals surface area contributed by atoms with Gasteiger partial charge in [-0.15, -0.1) is 0 Å². The summed E-state index contributed by atoms with van der Waals surface area (Å²) < 4.78 is 5.19. The zero-order valence-corrected chi connectivity index (χ0v) is 40.6. The smallest absolute Gasteiger partial charge is 0.246 e. The topological polar surface area (TPSA) is 383 Å². The summed E-state index contributed by atoms with van der Waals surface area (Å²) in [6.45, 7) is 5.61. The molecule has 1 fully saturated rings. The molecule has 0 radical (unpaired) electrons. The summed E-state index contributed by atoms with van der Waals surface area (Å²) in [5, 5.41) is 27.6. The molecule has 14 N–H and O–H groups in total. The molecule has 1 heterocycles. The minimum Gasteiger partial charge on any atom is -0.508 e. The number of hydrogen-bond acceptors (Lipinski definition) is 14. The third-order valence-corrected chi connectivity index (χ3v) is 11.9. The number of nitrogens with one attached hydrogen (secondary N) is 7. The highest BCUT2D eigenvalue weighted by molar-refractivity contribution is 7.99. The predicted molar refractivity (Wildman–Crippen MR) is 252 cm³/mol. The zero-order chi connectivity index (χ0) is 51.8. The Labute approximate surface area is 405 Å². The largest absolute Gasteiger partial charge is 0.508 e. The first-order chi connectivity index (χ1) is 32.5. The summed E-state index contributed by atoms with van der Waals surface area (Å²) in [7, 11) is 1.35. The molecule has 1 aliphatic heterocycles. The number of ether oxygens (including phenoxy) is 1. The number of nitrogens with zero attached hydrogens (tertiary/aromatic N) is 1. The second-order valence-corrected chi connectivity index (χ2v) is 18.2. The number of aromatic hydroxyl groups is 1. The molecule has 1 saturated heterocycles. The van der Waals surface area contributed by atoms with Crippen LogP contribution in [0.3, 0.4) is 0 Å². The van der Waals surface area contributed by atoms with Crippen molar-refractivity contribution in [3.05, 3.63) is 29.8 Å². The van der Waals surface area contributed by atoms with Crippen LogP contribution in [0.4, 0.5) is 0 Å². The zero-order valence-electron chi connectivity index (χ0n) is 39.8. The fourth-order valence-corrected chi connectivity index (χ4v) is 7.86. The summed E-state index contributed by atoms with van der Waals surface area (Å²) in [6.07, 6.45) is -1.06. The van der Waals surface area contributed by atoms with Crippen LogP contribution in [0.5, 0.6) is 5.75 Å². The van der Waals surface area contributed by atoms with Crippen LogP contribution in [-0.4, -0.2) is 156 Å². The normalized spacial score (nSPS) is 20.9. The number of nitrogens with two attached hydrogens (primary N) is 3. The summed E-state index contributed by atoms with van der Waals surface area (Å²) >= 11 is 1.13. The number of amides is 11. The van der Waals surface area contributed by atoms with Crippen molar-refractivity contribution in [2.75, 3.05) is 44.9 Å². The molecule has 0 unspecified atom stereocenters. The Morgan fingerprint density at radius 1 is 0.841 bits per heavy atom. The lowest BCUT2D eigenvalue weighted by molar-refractivity contribution is -0.141. The Hall–Kier alpha value is -6.50. The first kappa shape index (κ1) is 58.6. The van der Waals surface area contributed by atoms with Gasteiger partial charge in [0.05, 0.1) is 26.1 Å². The van der Waals surface area contributed by atoms with Crippen LogP contribution in [0.15, 0.2) is 24.3 Å². The summed E-state index contributed by atoms with van der Waals surface area (Å²) in [4.78, 5) is 147. The van der Waals surface area contributed by atoms with Crippen molar-refractivity contribution in [3.8, 4) is 5.75 Å². The SMILES string of the molecule is CC[C@H](C)[C@@H]1NC(=O)[C@H](Cc2ccc(O)cc2)NC(=O)CCCSC[C@@H](C(=O)N(CCOC)CC(=O)N[C@@H](CC(C)C)C(=O)NCC(N)=O)NC(=O)[C@H](CC(N)=O)NC(=O)[C@H](CCC(N)=O)NC1=O. The maximum atomic E-state index is 14.4. The van der Waals surface area contributed by atoms with Crippen molar-refractivity contribution in [2.45, 2.75) is 115 Å². The van der Waals surface area contributed by atoms with E-state index in [2.05, 4.69) is 37.2 Å². The molecule has 1 aromatic carbocycles. The number of thioether (sulfide) groups is 1. The number of primary amides is 3. The van der Waals surface area contributed by atoms with Crippen LogP contribution in [0.2, 0.25) is 0 Å². The fraction of sp³-hybridized carbons (Fsp3) is 0.614. The Balaban J connectivity index is 2.63. The monoisotopic (exact) mass is 991 g/mol. The second-order valence-electron chi connectivity index (χ2n) is 17.1. The van der Waals surface area contributed by atoms with Crippen LogP contribution >= 0.6 is 11.8 Å². The van der Waals surface area contributed by atoms with Crippen LogP contribution in [0.25, 0.3) is 0 Å². The predicted octanol–water partition coefficient (Wildman–Crippen LogP) is -3.32. The standard InChI is InChI=1S/C44H69N11O13S/c1-6-25(4)38-43(66)51-28(13-14-33(45)57)40(63)52-31(20-34(46)58)41(64)53-32(23-69-17-7-8-36(60)49-30(42(65)54-38)19-26-9-11-27(56)12-10-26)44(67)55(15-16-68-5)22-37(61)50-29(18-24(2)3)39(62)48-21-35(47)59/h9-12,24-25,28-32,38,56H,6-8,13-23H2,1-5H3,(H2,45,57)(H2,46,58)(H2,47,59)(H,48,62)(H,49,60)(H,50,61)(H,51,66)(H,52,63)(H,53,64)(H,54,65)/t25-,28-,29-,30-,31-,32-,38-/m0/s1. The van der Waals surface area contributed by atoms with Gasteiger partial charge in [-0.05, 0) is 54.5 Å².